The summed E-state index contributed by atoms with van der Waals surface area (Å²) in [4.78, 5) is 43.5. The third-order valence-corrected chi connectivity index (χ3v) is 6.38. The summed E-state index contributed by atoms with van der Waals surface area (Å²) >= 11 is 0. The van der Waals surface area contributed by atoms with Gasteiger partial charge in [-0.1, -0.05) is 6.07 Å². The van der Waals surface area contributed by atoms with Crippen molar-refractivity contribution in [2.24, 2.45) is 0 Å². The number of nitriles is 1. The number of fused-ring (bicyclic) bond motifs is 1. The molecule has 0 radical (unpaired) electrons. The van der Waals surface area contributed by atoms with Crippen molar-refractivity contribution >= 4 is 23.7 Å². The lowest BCUT2D eigenvalue weighted by molar-refractivity contribution is -0.150. The molecule has 12 nitrogen and oxygen atoms in total. The van der Waals surface area contributed by atoms with E-state index in [2.05, 4.69) is 21.7 Å². The van der Waals surface area contributed by atoms with Crippen LogP contribution in [0.15, 0.2) is 35.7 Å². The summed E-state index contributed by atoms with van der Waals surface area (Å²) in [6.07, 6.45) is 0.806. The molecule has 2 aromatic rings. The predicted molar refractivity (Wildman–Crippen MR) is 157 cm³/mol. The van der Waals surface area contributed by atoms with Crippen LogP contribution in [-0.2, 0) is 23.8 Å². The Labute approximate surface area is 251 Å². The summed E-state index contributed by atoms with van der Waals surface area (Å²) in [7, 11) is 1.47. The van der Waals surface area contributed by atoms with Crippen molar-refractivity contribution in [1.82, 2.24) is 10.3 Å². The van der Waals surface area contributed by atoms with E-state index < -0.39 is 42.2 Å². The van der Waals surface area contributed by atoms with Crippen LogP contribution in [0.5, 0.6) is 11.6 Å². The summed E-state index contributed by atoms with van der Waals surface area (Å²) < 4.78 is 27.6. The van der Waals surface area contributed by atoms with E-state index in [4.69, 9.17) is 23.7 Å². The number of nitrogens with one attached hydrogen (secondary N) is 2. The van der Waals surface area contributed by atoms with Crippen LogP contribution in [0.1, 0.15) is 69.7 Å². The number of benzene rings is 1. The number of esters is 2. The van der Waals surface area contributed by atoms with Crippen molar-refractivity contribution in [1.29, 1.82) is 5.26 Å². The maximum Gasteiger partial charge on any atom is 0.408 e. The Morgan fingerprint density at radius 1 is 1.14 bits per heavy atom. The summed E-state index contributed by atoms with van der Waals surface area (Å²) in [6, 6.07) is 5.69. The molecule has 1 aliphatic rings. The Balaban J connectivity index is 2.08. The molecular weight excluding hydrogens is 556 g/mol. The number of aryl methyl sites for hydroxylation is 1. The molecule has 2 atom stereocenters. The first-order valence-corrected chi connectivity index (χ1v) is 13.9. The number of hydrogen-bond acceptors (Lipinski definition) is 11. The Morgan fingerprint density at radius 2 is 1.86 bits per heavy atom. The summed E-state index contributed by atoms with van der Waals surface area (Å²) in [5.74, 6) is -1.67. The quantitative estimate of drug-likeness (QED) is 0.295. The smallest absolute Gasteiger partial charge is 0.408 e. The molecule has 12 heteroatoms. The van der Waals surface area contributed by atoms with E-state index in [-0.39, 0.29) is 12.2 Å². The Kier molecular flexibility index (Phi) is 10.6. The van der Waals surface area contributed by atoms with Gasteiger partial charge in [-0.3, -0.25) is 0 Å². The Bertz CT molecular complexity index is 1450. The number of carbonyl (C=O) groups is 3. The lowest BCUT2D eigenvalue weighted by atomic mass is 9.79. The molecule has 1 aliphatic heterocycles. The molecule has 230 valence electrons. The molecule has 1 aromatic heterocycles. The van der Waals surface area contributed by atoms with Gasteiger partial charge in [0.25, 0.3) is 0 Å². The largest absolute Gasteiger partial charge is 0.496 e. The standard InChI is InChI=1S/C31H38N4O8/c1-9-40-27-25-24(20-12-11-19(14-32)13-22(20)39-8)23(18(4)34-26(25)17(3)15-33-27)29(37)42-16-21(28(36)41-10-2)35-30(38)43-31(5,6)7/h11-13,15,21,24,34H,9-10,16H2,1-8H3,(H,35,38). The summed E-state index contributed by atoms with van der Waals surface area (Å²) in [5, 5.41) is 15.2. The second kappa shape index (κ2) is 13.9. The van der Waals surface area contributed by atoms with Gasteiger partial charge >= 0.3 is 18.0 Å². The van der Waals surface area contributed by atoms with Crippen molar-refractivity contribution in [3.63, 3.8) is 0 Å². The van der Waals surface area contributed by atoms with Crippen LogP contribution in [-0.4, -0.2) is 61.6 Å². The first-order valence-electron chi connectivity index (χ1n) is 13.9. The average Bonchev–Trinajstić information content (AvgIpc) is 2.94. The first-order chi connectivity index (χ1) is 20.3. The van der Waals surface area contributed by atoms with Gasteiger partial charge in [0.15, 0.2) is 6.04 Å². The normalized spacial score (nSPS) is 14.8. The number of pyridine rings is 1. The van der Waals surface area contributed by atoms with Gasteiger partial charge in [0.2, 0.25) is 5.88 Å². The molecule has 0 bridgehead atoms. The zero-order valence-corrected chi connectivity index (χ0v) is 25.7. The monoisotopic (exact) mass is 594 g/mol. The number of rotatable bonds is 10. The molecule has 0 saturated heterocycles. The fraction of sp³-hybridized carbons (Fsp3) is 0.452. The van der Waals surface area contributed by atoms with Gasteiger partial charge in [0.05, 0.1) is 54.7 Å². The minimum atomic E-state index is -1.32. The van der Waals surface area contributed by atoms with E-state index in [1.165, 1.54) is 7.11 Å². The van der Waals surface area contributed by atoms with Crippen LogP contribution >= 0.6 is 0 Å². The van der Waals surface area contributed by atoms with E-state index >= 15 is 0 Å². The van der Waals surface area contributed by atoms with Crippen LogP contribution < -0.4 is 20.1 Å². The van der Waals surface area contributed by atoms with Gasteiger partial charge in [-0.15, -0.1) is 0 Å². The minimum Gasteiger partial charge on any atom is -0.496 e. The number of aromatic nitrogens is 1. The molecule has 3 rings (SSSR count). The van der Waals surface area contributed by atoms with Crippen molar-refractivity contribution < 1.29 is 38.1 Å². The topological polar surface area (TPSA) is 158 Å². The third-order valence-electron chi connectivity index (χ3n) is 6.38. The number of methoxy groups -OCH3 is 1. The molecule has 0 aliphatic carbocycles. The predicted octanol–water partition coefficient (Wildman–Crippen LogP) is 4.50. The number of ether oxygens (including phenoxy) is 5. The zero-order valence-electron chi connectivity index (χ0n) is 25.7. The lowest BCUT2D eigenvalue weighted by Gasteiger charge is -2.33. The first kappa shape index (κ1) is 32.7. The molecule has 1 aromatic carbocycles. The zero-order chi connectivity index (χ0) is 31.9. The van der Waals surface area contributed by atoms with Crippen molar-refractivity contribution in [2.75, 3.05) is 32.2 Å². The molecular formula is C31H38N4O8. The highest BCUT2D eigenvalue weighted by molar-refractivity contribution is 5.96. The minimum absolute atomic E-state index is 0.0529. The molecule has 0 spiro atoms. The molecule has 1 amide bonds. The van der Waals surface area contributed by atoms with Crippen molar-refractivity contribution in [3.8, 4) is 17.7 Å². The van der Waals surface area contributed by atoms with Crippen LogP contribution in [0.2, 0.25) is 0 Å². The molecule has 43 heavy (non-hydrogen) atoms. The highest BCUT2D eigenvalue weighted by Gasteiger charge is 2.39. The van der Waals surface area contributed by atoms with Gasteiger partial charge in [-0.25, -0.2) is 19.4 Å². The van der Waals surface area contributed by atoms with Gasteiger partial charge in [-0.05, 0) is 66.2 Å². The van der Waals surface area contributed by atoms with Gasteiger partial charge < -0.3 is 34.3 Å². The number of amides is 1. The van der Waals surface area contributed by atoms with E-state index in [0.29, 0.717) is 46.3 Å². The highest BCUT2D eigenvalue weighted by Crippen LogP contribution is 2.49. The van der Waals surface area contributed by atoms with E-state index in [0.717, 1.165) is 5.56 Å². The van der Waals surface area contributed by atoms with E-state index in [1.807, 2.05) is 13.8 Å². The maximum atomic E-state index is 13.9. The van der Waals surface area contributed by atoms with Crippen LogP contribution in [0.3, 0.4) is 0 Å². The number of alkyl carbamates (subject to hydrolysis) is 1. The maximum absolute atomic E-state index is 13.9. The number of carbonyl (C=O) groups excluding carboxylic acids is 3. The lowest BCUT2D eigenvalue weighted by Crippen LogP contribution is -2.47. The molecule has 2 N–H and O–H groups in total. The molecule has 2 unspecified atom stereocenters. The summed E-state index contributed by atoms with van der Waals surface area (Å²) in [5.41, 5.74) is 2.90. The number of allylic oxidation sites excluding steroid dienone is 1. The Hall–Kier alpha value is -4.79. The molecule has 0 fully saturated rings. The van der Waals surface area contributed by atoms with E-state index in [1.54, 1.807) is 59.0 Å². The van der Waals surface area contributed by atoms with Crippen molar-refractivity contribution in [2.45, 2.75) is 66.0 Å². The summed E-state index contributed by atoms with van der Waals surface area (Å²) in [6.45, 7) is 11.9. The molecule has 0 saturated carbocycles. The average molecular weight is 595 g/mol. The number of nitrogens with zero attached hydrogens (tertiary/aromatic N) is 2. The van der Waals surface area contributed by atoms with Gasteiger partial charge in [0, 0.05) is 17.5 Å². The number of hydrogen-bond donors (Lipinski definition) is 2. The van der Waals surface area contributed by atoms with E-state index in [9.17, 15) is 19.6 Å². The second-order valence-corrected chi connectivity index (χ2v) is 10.7. The fourth-order valence-corrected chi connectivity index (χ4v) is 4.61. The number of anilines is 1. The fourth-order valence-electron chi connectivity index (χ4n) is 4.61. The second-order valence-electron chi connectivity index (χ2n) is 10.7. The third kappa shape index (κ3) is 7.74. The van der Waals surface area contributed by atoms with Crippen LogP contribution in [0.25, 0.3) is 0 Å². The highest BCUT2D eigenvalue weighted by atomic mass is 16.6. The van der Waals surface area contributed by atoms with Gasteiger partial charge in [0.1, 0.15) is 18.0 Å². The van der Waals surface area contributed by atoms with Crippen LogP contribution in [0.4, 0.5) is 10.5 Å². The van der Waals surface area contributed by atoms with Crippen LogP contribution in [0, 0.1) is 18.3 Å². The van der Waals surface area contributed by atoms with Crippen molar-refractivity contribution in [3.05, 3.63) is 57.9 Å². The van der Waals surface area contributed by atoms with Gasteiger partial charge in [-0.2, -0.15) is 5.26 Å². The molecule has 2 heterocycles. The SMILES string of the molecule is CCOC(=O)C(COC(=O)C1=C(C)Nc2c(C)cnc(OCC)c2C1c1ccc(C#N)cc1OC)NC(=O)OC(C)(C)C. The Morgan fingerprint density at radius 3 is 2.47 bits per heavy atom.